The number of rotatable bonds is 5. The van der Waals surface area contributed by atoms with E-state index in [9.17, 15) is 4.79 Å². The molecule has 0 saturated heterocycles. The zero-order valence-electron chi connectivity index (χ0n) is 7.87. The van der Waals surface area contributed by atoms with Crippen LogP contribution in [0.4, 0.5) is 5.13 Å². The van der Waals surface area contributed by atoms with Gasteiger partial charge in [-0.1, -0.05) is 34.5 Å². The molecule has 0 radical (unpaired) electrons. The summed E-state index contributed by atoms with van der Waals surface area (Å²) in [6.45, 7) is 0.566. The first kappa shape index (κ1) is 12.6. The molecule has 8 heteroatoms. The molecule has 84 valence electrons. The maximum absolute atomic E-state index is 11.1. The second kappa shape index (κ2) is 6.22. The van der Waals surface area contributed by atoms with E-state index in [0.717, 1.165) is 5.01 Å². The predicted octanol–water partition coefficient (Wildman–Crippen LogP) is 1.47. The maximum Gasteiger partial charge on any atom is 0.259 e. The number of halogens is 2. The number of alkyl halides is 2. The van der Waals surface area contributed by atoms with E-state index < -0.39 is 10.7 Å². The fourth-order valence-electron chi connectivity index (χ4n) is 0.754. The second-order valence-electron chi connectivity index (χ2n) is 2.53. The van der Waals surface area contributed by atoms with Crippen LogP contribution in [0.5, 0.6) is 0 Å². The smallest absolute Gasteiger partial charge is 0.259 e. The first-order valence-electron chi connectivity index (χ1n) is 4.04. The molecule has 1 N–H and O–H groups in total. The van der Waals surface area contributed by atoms with E-state index in [1.807, 2.05) is 0 Å². The van der Waals surface area contributed by atoms with Gasteiger partial charge in [-0.05, 0) is 0 Å². The Labute approximate surface area is 101 Å². The monoisotopic (exact) mass is 269 g/mol. The maximum atomic E-state index is 11.1. The summed E-state index contributed by atoms with van der Waals surface area (Å²) in [5.41, 5.74) is 0. The van der Waals surface area contributed by atoms with Gasteiger partial charge >= 0.3 is 0 Å². The molecule has 0 unspecified atom stereocenters. The number of anilines is 1. The molecule has 0 bridgehead atoms. The van der Waals surface area contributed by atoms with Gasteiger partial charge < -0.3 is 4.74 Å². The van der Waals surface area contributed by atoms with E-state index >= 15 is 0 Å². The summed E-state index contributed by atoms with van der Waals surface area (Å²) in [6.07, 6.45) is 0.662. The molecule has 0 aliphatic heterocycles. The molecule has 0 saturated carbocycles. The molecule has 1 heterocycles. The number of hydrogen-bond acceptors (Lipinski definition) is 5. The highest BCUT2D eigenvalue weighted by molar-refractivity contribution is 7.15. The summed E-state index contributed by atoms with van der Waals surface area (Å²) in [5.74, 6) is -0.507. The van der Waals surface area contributed by atoms with Crippen LogP contribution in [-0.2, 0) is 16.0 Å². The van der Waals surface area contributed by atoms with Crippen molar-refractivity contribution >= 4 is 45.6 Å². The van der Waals surface area contributed by atoms with Crippen LogP contribution in [0.25, 0.3) is 0 Å². The Morgan fingerprint density at radius 3 is 2.93 bits per heavy atom. The average molecular weight is 270 g/mol. The van der Waals surface area contributed by atoms with Crippen LogP contribution in [0, 0.1) is 0 Å². The zero-order chi connectivity index (χ0) is 11.3. The van der Waals surface area contributed by atoms with E-state index in [4.69, 9.17) is 27.9 Å². The number of aromatic nitrogens is 2. The highest BCUT2D eigenvalue weighted by Gasteiger charge is 2.13. The standard InChI is InChI=1S/C7H9Cl2N3O2S/c1-14-3-2-4-11-12-7(15-4)10-6(13)5(8)9/h5H,2-3H2,1H3,(H,10,12,13). The van der Waals surface area contributed by atoms with Gasteiger partial charge in [-0.25, -0.2) is 0 Å². The van der Waals surface area contributed by atoms with Crippen molar-refractivity contribution in [1.29, 1.82) is 0 Å². The molecule has 0 aromatic carbocycles. The van der Waals surface area contributed by atoms with Crippen LogP contribution in [0.1, 0.15) is 5.01 Å². The molecule has 0 aliphatic carbocycles. The fraction of sp³-hybridized carbons (Fsp3) is 0.571. The van der Waals surface area contributed by atoms with Crippen LogP contribution < -0.4 is 5.32 Å². The van der Waals surface area contributed by atoms with E-state index in [-0.39, 0.29) is 0 Å². The molecule has 5 nitrogen and oxygen atoms in total. The minimum absolute atomic E-state index is 0.386. The number of carbonyl (C=O) groups is 1. The number of nitrogens with one attached hydrogen (secondary N) is 1. The minimum Gasteiger partial charge on any atom is -0.384 e. The average Bonchev–Trinajstić information content (AvgIpc) is 2.62. The molecule has 0 spiro atoms. The lowest BCUT2D eigenvalue weighted by Gasteiger charge is -1.98. The Hall–Kier alpha value is -0.430. The van der Waals surface area contributed by atoms with Crippen molar-refractivity contribution in [3.63, 3.8) is 0 Å². The molecule has 1 aromatic heterocycles. The predicted molar refractivity (Wildman–Crippen MR) is 59.6 cm³/mol. The summed E-state index contributed by atoms with van der Waals surface area (Å²) < 4.78 is 4.88. The van der Waals surface area contributed by atoms with Crippen LogP contribution in [-0.4, -0.2) is 34.7 Å². The summed E-state index contributed by atoms with van der Waals surface area (Å²) in [4.78, 5) is 9.97. The molecule has 0 atom stereocenters. The number of ether oxygens (including phenoxy) is 1. The van der Waals surface area contributed by atoms with Gasteiger partial charge in [0.1, 0.15) is 5.01 Å². The third-order valence-electron chi connectivity index (χ3n) is 1.42. The first-order valence-corrected chi connectivity index (χ1v) is 5.72. The largest absolute Gasteiger partial charge is 0.384 e. The van der Waals surface area contributed by atoms with E-state index in [1.165, 1.54) is 11.3 Å². The second-order valence-corrected chi connectivity index (χ2v) is 4.69. The quantitative estimate of drug-likeness (QED) is 0.823. The van der Waals surface area contributed by atoms with Gasteiger partial charge in [-0.2, -0.15) is 0 Å². The lowest BCUT2D eigenvalue weighted by atomic mass is 10.5. The van der Waals surface area contributed by atoms with E-state index in [2.05, 4.69) is 15.5 Å². The highest BCUT2D eigenvalue weighted by Crippen LogP contribution is 2.16. The number of nitrogens with zero attached hydrogens (tertiary/aromatic N) is 2. The third kappa shape index (κ3) is 4.29. The van der Waals surface area contributed by atoms with Crippen LogP contribution in [0.15, 0.2) is 0 Å². The summed E-state index contributed by atoms with van der Waals surface area (Å²) in [7, 11) is 1.61. The zero-order valence-corrected chi connectivity index (χ0v) is 10.2. The van der Waals surface area contributed by atoms with Crippen molar-refractivity contribution < 1.29 is 9.53 Å². The summed E-state index contributed by atoms with van der Waals surface area (Å²) in [5, 5.41) is 11.2. The lowest BCUT2D eigenvalue weighted by molar-refractivity contribution is -0.114. The normalized spacial score (nSPS) is 10.7. The number of carbonyl (C=O) groups excluding carboxylic acids is 1. The number of amides is 1. The van der Waals surface area contributed by atoms with Gasteiger partial charge in [0.25, 0.3) is 5.91 Å². The highest BCUT2D eigenvalue weighted by atomic mass is 35.5. The van der Waals surface area contributed by atoms with Crippen LogP contribution in [0.2, 0.25) is 0 Å². The first-order chi connectivity index (χ1) is 7.13. The molecular weight excluding hydrogens is 261 g/mol. The van der Waals surface area contributed by atoms with Crippen molar-refractivity contribution in [1.82, 2.24) is 10.2 Å². The van der Waals surface area contributed by atoms with Crippen molar-refractivity contribution in [2.45, 2.75) is 11.3 Å². The molecule has 0 fully saturated rings. The molecule has 0 aliphatic rings. The molecule has 1 amide bonds. The van der Waals surface area contributed by atoms with Crippen LogP contribution >= 0.6 is 34.5 Å². The van der Waals surface area contributed by atoms with Gasteiger partial charge in [0, 0.05) is 13.5 Å². The fourth-order valence-corrected chi connectivity index (χ4v) is 1.59. The van der Waals surface area contributed by atoms with Crippen molar-refractivity contribution in [3.05, 3.63) is 5.01 Å². The van der Waals surface area contributed by atoms with Gasteiger partial charge in [0.2, 0.25) is 5.13 Å². The molecular formula is C7H9Cl2N3O2S. The minimum atomic E-state index is -1.10. The van der Waals surface area contributed by atoms with Crippen molar-refractivity contribution in [2.24, 2.45) is 0 Å². The van der Waals surface area contributed by atoms with Gasteiger partial charge in [0.05, 0.1) is 6.61 Å². The van der Waals surface area contributed by atoms with Gasteiger partial charge in [0.15, 0.2) is 4.84 Å². The Kier molecular flexibility index (Phi) is 5.24. The number of hydrogen-bond donors (Lipinski definition) is 1. The van der Waals surface area contributed by atoms with Gasteiger partial charge in [-0.3, -0.25) is 10.1 Å². The lowest BCUT2D eigenvalue weighted by Crippen LogP contribution is -2.18. The van der Waals surface area contributed by atoms with Crippen molar-refractivity contribution in [3.8, 4) is 0 Å². The summed E-state index contributed by atoms with van der Waals surface area (Å²) >= 11 is 12.0. The topological polar surface area (TPSA) is 64.1 Å². The van der Waals surface area contributed by atoms with Gasteiger partial charge in [-0.15, -0.1) is 10.2 Å². The Balaban J connectivity index is 2.49. The molecule has 15 heavy (non-hydrogen) atoms. The molecule has 1 rings (SSSR count). The Morgan fingerprint density at radius 1 is 1.60 bits per heavy atom. The van der Waals surface area contributed by atoms with E-state index in [0.29, 0.717) is 18.2 Å². The van der Waals surface area contributed by atoms with E-state index in [1.54, 1.807) is 7.11 Å². The Bertz CT molecular complexity index is 332. The number of methoxy groups -OCH3 is 1. The third-order valence-corrected chi connectivity index (χ3v) is 2.71. The SMILES string of the molecule is COCCc1nnc(NC(=O)C(Cl)Cl)s1. The summed E-state index contributed by atoms with van der Waals surface area (Å²) in [6, 6.07) is 0. The van der Waals surface area contributed by atoms with Crippen molar-refractivity contribution in [2.75, 3.05) is 19.0 Å². The molecule has 1 aromatic rings. The van der Waals surface area contributed by atoms with Crippen LogP contribution in [0.3, 0.4) is 0 Å². The Morgan fingerprint density at radius 2 is 2.33 bits per heavy atom.